The first-order valence-electron chi connectivity index (χ1n) is 13.3. The van der Waals surface area contributed by atoms with Crippen LogP contribution in [0.1, 0.15) is 36.0 Å². The molecule has 0 saturated carbocycles. The zero-order valence-electron chi connectivity index (χ0n) is 23.5. The molecule has 0 heterocycles. The van der Waals surface area contributed by atoms with Crippen molar-refractivity contribution >= 4 is 33.6 Å². The van der Waals surface area contributed by atoms with Gasteiger partial charge in [0.2, 0.25) is 11.8 Å². The molecule has 2 atom stereocenters. The van der Waals surface area contributed by atoms with E-state index in [4.69, 9.17) is 15.9 Å². The average molecular weight is 606 g/mol. The number of nitrogens with one attached hydrogen (secondary N) is 4. The number of carbonyl (C=O) groups is 3. The topological polar surface area (TPSA) is 210 Å². The molecule has 0 radical (unpaired) electrons. The van der Waals surface area contributed by atoms with E-state index in [-0.39, 0.29) is 37.9 Å². The first kappa shape index (κ1) is 34.2. The zero-order chi connectivity index (χ0) is 31.0. The summed E-state index contributed by atoms with van der Waals surface area (Å²) in [5.74, 6) is -3.50. The average Bonchev–Trinajstić information content (AvgIpc) is 2.97. The van der Waals surface area contributed by atoms with Crippen molar-refractivity contribution in [3.8, 4) is 0 Å². The summed E-state index contributed by atoms with van der Waals surface area (Å²) in [5, 5.41) is 25.2. The maximum absolute atomic E-state index is 13.1. The van der Waals surface area contributed by atoms with E-state index in [1.807, 2.05) is 0 Å². The molecule has 0 aromatic heterocycles. The van der Waals surface area contributed by atoms with Gasteiger partial charge in [-0.05, 0) is 30.4 Å². The Balaban J connectivity index is 2.02. The zero-order valence-corrected chi connectivity index (χ0v) is 24.3. The van der Waals surface area contributed by atoms with E-state index >= 15 is 0 Å². The number of alkyl carbamates (subject to hydrolysis) is 1. The smallest absolute Gasteiger partial charge is 0.409 e. The summed E-state index contributed by atoms with van der Waals surface area (Å²) in [6.45, 7) is -0.523. The Bertz CT molecular complexity index is 1270. The molecule has 2 aromatic rings. The van der Waals surface area contributed by atoms with Crippen molar-refractivity contribution in [1.29, 1.82) is 5.41 Å². The minimum absolute atomic E-state index is 0.0842. The number of amides is 3. The third kappa shape index (κ3) is 12.7. The van der Waals surface area contributed by atoms with E-state index in [0.717, 1.165) is 5.56 Å². The summed E-state index contributed by atoms with van der Waals surface area (Å²) >= 11 is 0. The van der Waals surface area contributed by atoms with Crippen LogP contribution >= 0.6 is 0 Å². The highest BCUT2D eigenvalue weighted by atomic mass is 32.2. The Labute approximate surface area is 245 Å². The third-order valence-corrected chi connectivity index (χ3v) is 7.82. The molecule has 7 N–H and O–H groups in total. The van der Waals surface area contributed by atoms with Gasteiger partial charge in [0.15, 0.2) is 16.6 Å². The number of sulfone groups is 1. The SMILES string of the molecule is COCOC(=O)NCCCC[C@H](NC(=O)[C@@H](CO)CS(=O)(=O)Cc1ccccc1)C(=O)NCc1ccc(C(=N)N)cc1. The van der Waals surface area contributed by atoms with Crippen molar-refractivity contribution in [2.24, 2.45) is 11.7 Å². The summed E-state index contributed by atoms with van der Waals surface area (Å²) < 4.78 is 34.9. The molecule has 13 nitrogen and oxygen atoms in total. The molecule has 0 fully saturated rings. The molecule has 230 valence electrons. The summed E-state index contributed by atoms with van der Waals surface area (Å²) in [4.78, 5) is 37.7. The van der Waals surface area contributed by atoms with Crippen LogP contribution in [0, 0.1) is 11.3 Å². The second kappa shape index (κ2) is 17.7. The van der Waals surface area contributed by atoms with E-state index in [1.165, 1.54) is 7.11 Å². The van der Waals surface area contributed by atoms with Crippen LogP contribution in [0.2, 0.25) is 0 Å². The number of aliphatic hydroxyl groups is 1. The van der Waals surface area contributed by atoms with Crippen LogP contribution in [0.25, 0.3) is 0 Å². The van der Waals surface area contributed by atoms with Crippen LogP contribution in [0.3, 0.4) is 0 Å². The lowest BCUT2D eigenvalue weighted by molar-refractivity contribution is -0.131. The van der Waals surface area contributed by atoms with E-state index in [1.54, 1.807) is 54.6 Å². The van der Waals surface area contributed by atoms with Crippen LogP contribution in [0.5, 0.6) is 0 Å². The van der Waals surface area contributed by atoms with Gasteiger partial charge in [-0.25, -0.2) is 13.2 Å². The number of rotatable bonds is 18. The van der Waals surface area contributed by atoms with Gasteiger partial charge < -0.3 is 36.3 Å². The van der Waals surface area contributed by atoms with Gasteiger partial charge in [0.25, 0.3) is 0 Å². The predicted octanol–water partition coefficient (Wildman–Crippen LogP) is 0.796. The van der Waals surface area contributed by atoms with Gasteiger partial charge in [-0.15, -0.1) is 0 Å². The number of hydrogen-bond acceptors (Lipinski definition) is 9. The molecular weight excluding hydrogens is 566 g/mol. The molecule has 0 unspecified atom stereocenters. The maximum atomic E-state index is 13.1. The van der Waals surface area contributed by atoms with Crippen LogP contribution < -0.4 is 21.7 Å². The molecule has 42 heavy (non-hydrogen) atoms. The monoisotopic (exact) mass is 605 g/mol. The number of ether oxygens (including phenoxy) is 2. The Kier molecular flexibility index (Phi) is 14.4. The number of nitrogen functional groups attached to an aromatic ring is 1. The fourth-order valence-electron chi connectivity index (χ4n) is 3.91. The van der Waals surface area contributed by atoms with Crippen LogP contribution in [-0.4, -0.2) is 76.1 Å². The molecule has 0 bridgehead atoms. The van der Waals surface area contributed by atoms with Crippen molar-refractivity contribution in [3.63, 3.8) is 0 Å². The van der Waals surface area contributed by atoms with Gasteiger partial charge in [-0.1, -0.05) is 54.6 Å². The van der Waals surface area contributed by atoms with Gasteiger partial charge in [-0.2, -0.15) is 0 Å². The van der Waals surface area contributed by atoms with Gasteiger partial charge in [0.1, 0.15) is 11.9 Å². The van der Waals surface area contributed by atoms with Gasteiger partial charge >= 0.3 is 6.09 Å². The standard InChI is InChI=1S/C28H39N5O8S/c1-40-19-41-28(37)31-14-6-5-9-24(27(36)32-15-20-10-12-22(13-11-20)25(29)30)33-26(35)23(16-34)18-42(38,39)17-21-7-3-2-4-8-21/h2-4,7-8,10-13,23-24,34H,5-6,9,14-19H2,1H3,(H3,29,30)(H,31,37)(H,32,36)(H,33,35)/t23-,24-/m0/s1. The second-order valence-corrected chi connectivity index (χ2v) is 11.7. The van der Waals surface area contributed by atoms with E-state index < -0.39 is 52.1 Å². The maximum Gasteiger partial charge on any atom is 0.409 e. The molecule has 2 rings (SSSR count). The molecule has 3 amide bonds. The largest absolute Gasteiger partial charge is 0.422 e. The van der Waals surface area contributed by atoms with Crippen LogP contribution in [0.4, 0.5) is 4.79 Å². The fraction of sp³-hybridized carbons (Fsp3) is 0.429. The fourth-order valence-corrected chi connectivity index (χ4v) is 5.59. The minimum atomic E-state index is -3.75. The number of aliphatic hydroxyl groups excluding tert-OH is 1. The van der Waals surface area contributed by atoms with Gasteiger partial charge in [-0.3, -0.25) is 15.0 Å². The van der Waals surface area contributed by atoms with E-state index in [0.29, 0.717) is 24.0 Å². The quantitative estimate of drug-likeness (QED) is 0.0613. The second-order valence-electron chi connectivity index (χ2n) is 9.57. The van der Waals surface area contributed by atoms with E-state index in [9.17, 15) is 27.9 Å². The van der Waals surface area contributed by atoms with Crippen molar-refractivity contribution in [3.05, 3.63) is 71.3 Å². The first-order valence-corrected chi connectivity index (χ1v) is 15.1. The Hall–Kier alpha value is -4.01. The summed E-state index contributed by atoms with van der Waals surface area (Å²) in [5.41, 5.74) is 7.30. The Morgan fingerprint density at radius 3 is 2.29 bits per heavy atom. The third-order valence-electron chi connectivity index (χ3n) is 6.14. The lowest BCUT2D eigenvalue weighted by atomic mass is 10.1. The summed E-state index contributed by atoms with van der Waals surface area (Å²) in [7, 11) is -2.37. The summed E-state index contributed by atoms with van der Waals surface area (Å²) in [6, 6.07) is 14.2. The molecule has 14 heteroatoms. The highest BCUT2D eigenvalue weighted by Gasteiger charge is 2.29. The number of hydrogen-bond donors (Lipinski definition) is 6. The number of nitrogens with two attached hydrogens (primary N) is 1. The molecule has 0 aliphatic rings. The highest BCUT2D eigenvalue weighted by Crippen LogP contribution is 2.12. The van der Waals surface area contributed by atoms with Crippen LogP contribution in [0.15, 0.2) is 54.6 Å². The Morgan fingerprint density at radius 1 is 0.976 bits per heavy atom. The highest BCUT2D eigenvalue weighted by molar-refractivity contribution is 7.90. The number of methoxy groups -OCH3 is 1. The Morgan fingerprint density at radius 2 is 1.67 bits per heavy atom. The van der Waals surface area contributed by atoms with Crippen molar-refractivity contribution in [1.82, 2.24) is 16.0 Å². The number of unbranched alkanes of at least 4 members (excludes halogenated alkanes) is 1. The molecule has 0 aliphatic heterocycles. The van der Waals surface area contributed by atoms with Crippen molar-refractivity contribution in [2.45, 2.75) is 37.6 Å². The van der Waals surface area contributed by atoms with Gasteiger partial charge in [0, 0.05) is 25.8 Å². The van der Waals surface area contributed by atoms with Crippen LogP contribution in [-0.2, 0) is 41.2 Å². The summed E-state index contributed by atoms with van der Waals surface area (Å²) in [6.07, 6.45) is 0.415. The number of amidine groups is 1. The number of carbonyl (C=O) groups excluding carboxylic acids is 3. The molecule has 0 saturated heterocycles. The van der Waals surface area contributed by atoms with Crippen molar-refractivity contribution in [2.75, 3.05) is 32.8 Å². The lowest BCUT2D eigenvalue weighted by Crippen LogP contribution is -2.49. The van der Waals surface area contributed by atoms with Gasteiger partial charge in [0.05, 0.1) is 24.0 Å². The van der Waals surface area contributed by atoms with E-state index in [2.05, 4.69) is 20.7 Å². The first-order chi connectivity index (χ1) is 20.0. The molecule has 0 spiro atoms. The molecular formula is C28H39N5O8S. The number of benzene rings is 2. The lowest BCUT2D eigenvalue weighted by Gasteiger charge is -2.22. The molecule has 2 aromatic carbocycles. The van der Waals surface area contributed by atoms with Crippen molar-refractivity contribution < 1.29 is 37.4 Å². The molecule has 0 aliphatic carbocycles. The normalized spacial score (nSPS) is 12.5. The predicted molar refractivity (Wildman–Crippen MR) is 156 cm³/mol. The minimum Gasteiger partial charge on any atom is -0.422 e.